The number of unbranched alkanes of at least 4 members (excludes halogenated alkanes) is 30. The molecule has 2 rings (SSSR count). The number of aliphatic hydroxyl groups is 8. The third-order valence-electron chi connectivity index (χ3n) is 17.8. The number of nitrogens with one attached hydrogen (secondary N) is 1. The topological polar surface area (TPSA) is 228 Å². The number of allylic oxidation sites excluding steroid dienone is 18. The Morgan fingerprint density at radius 2 is 0.742 bits per heavy atom. The highest BCUT2D eigenvalue weighted by atomic mass is 16.7. The molecule has 2 fully saturated rings. The van der Waals surface area contributed by atoms with Crippen LogP contribution in [-0.4, -0.2) is 140 Å². The summed E-state index contributed by atoms with van der Waals surface area (Å²) in [6, 6.07) is -0.844. The van der Waals surface area contributed by atoms with Crippen LogP contribution in [0.3, 0.4) is 0 Å². The van der Waals surface area contributed by atoms with Crippen molar-refractivity contribution in [3.8, 4) is 0 Å². The molecule has 12 unspecified atom stereocenters. The van der Waals surface area contributed by atoms with Gasteiger partial charge in [0.2, 0.25) is 5.91 Å². The van der Waals surface area contributed by atoms with Crippen molar-refractivity contribution in [2.75, 3.05) is 19.8 Å². The molecule has 1 amide bonds. The highest BCUT2D eigenvalue weighted by molar-refractivity contribution is 5.76. The lowest BCUT2D eigenvalue weighted by Crippen LogP contribution is -2.65. The second-order valence-corrected chi connectivity index (χ2v) is 26.0. The SMILES string of the molecule is CC/C=C\C/C=C\C/C=C\C/C=C\C/C=C\C/C=C\C/C=C\C/C=C\C/C=C\CCCCCCCCCC(=O)NC(COC1OC(CO)C(OC2OC(CO)C(O)C(O)C2O)C(O)C1O)C(O)CCCCCCCCCCCCCCCCCCCCCCCCCC. The summed E-state index contributed by atoms with van der Waals surface area (Å²) in [5.41, 5.74) is 0. The van der Waals surface area contributed by atoms with Gasteiger partial charge in [-0.2, -0.15) is 0 Å². The van der Waals surface area contributed by atoms with Gasteiger partial charge in [-0.15, -0.1) is 0 Å². The van der Waals surface area contributed by atoms with Crippen molar-refractivity contribution < 1.29 is 64.6 Å². The van der Waals surface area contributed by atoms with Crippen LogP contribution in [0.4, 0.5) is 0 Å². The second-order valence-electron chi connectivity index (χ2n) is 26.0. The van der Waals surface area contributed by atoms with E-state index in [0.717, 1.165) is 122 Å². The largest absolute Gasteiger partial charge is 0.394 e. The van der Waals surface area contributed by atoms with Gasteiger partial charge in [-0.3, -0.25) is 4.79 Å². The number of amides is 1. The average Bonchev–Trinajstić information content (AvgIpc) is 0.854. The van der Waals surface area contributed by atoms with E-state index in [0.29, 0.717) is 12.8 Å². The van der Waals surface area contributed by atoms with E-state index in [-0.39, 0.29) is 18.9 Å². The highest BCUT2D eigenvalue weighted by Crippen LogP contribution is 2.30. The number of rotatable bonds is 61. The summed E-state index contributed by atoms with van der Waals surface area (Å²) in [5, 5.41) is 87.7. The van der Waals surface area contributed by atoms with Crippen LogP contribution in [0, 0.1) is 0 Å². The second kappa shape index (κ2) is 62.2. The third kappa shape index (κ3) is 45.7. The first kappa shape index (κ1) is 85.7. The van der Waals surface area contributed by atoms with Crippen molar-refractivity contribution in [2.24, 2.45) is 0 Å². The van der Waals surface area contributed by atoms with Crippen molar-refractivity contribution in [1.82, 2.24) is 5.32 Å². The first-order valence-corrected chi connectivity index (χ1v) is 37.6. The van der Waals surface area contributed by atoms with Gasteiger partial charge in [-0.05, 0) is 83.5 Å². The molecule has 0 bridgehead atoms. The van der Waals surface area contributed by atoms with E-state index in [1.807, 2.05) is 0 Å². The van der Waals surface area contributed by atoms with E-state index in [1.54, 1.807) is 0 Å². The van der Waals surface area contributed by atoms with Gasteiger partial charge in [0.25, 0.3) is 0 Å². The molecule has 12 atom stereocenters. The predicted octanol–water partition coefficient (Wildman–Crippen LogP) is 16.3. The van der Waals surface area contributed by atoms with Crippen LogP contribution < -0.4 is 5.32 Å². The molecule has 2 saturated heterocycles. The van der Waals surface area contributed by atoms with Crippen LogP contribution in [-0.2, 0) is 23.7 Å². The molecular weight excluding hydrogens is 1170 g/mol. The zero-order valence-corrected chi connectivity index (χ0v) is 58.5. The number of hydrogen-bond donors (Lipinski definition) is 9. The first-order valence-electron chi connectivity index (χ1n) is 37.6. The van der Waals surface area contributed by atoms with Gasteiger partial charge in [-0.1, -0.05) is 309 Å². The smallest absolute Gasteiger partial charge is 0.220 e. The number of carbonyl (C=O) groups is 1. The van der Waals surface area contributed by atoms with Crippen LogP contribution in [0.25, 0.3) is 0 Å². The van der Waals surface area contributed by atoms with Crippen molar-refractivity contribution in [3.63, 3.8) is 0 Å². The Morgan fingerprint density at radius 1 is 0.398 bits per heavy atom. The standard InChI is InChI=1S/C79H137NO13/c1-3-5-7-9-11-13-15-17-19-21-23-25-27-29-30-31-32-33-34-35-36-37-38-39-41-43-45-47-49-51-53-55-57-59-61-63-71(84)80-67(66-90-78-76(89)74(87)77(70(65-82)92-78)93-79-75(88)73(86)72(85)69(64-81)91-79)68(83)62-60-58-56-54-52-50-48-46-44-42-40-28-26-24-22-20-18-16-14-12-10-8-6-4-2/h5,7,11,13,17,19,23,25,29-30,32-33,35-36,38-39,43,45,67-70,72-79,81-83,85-89H,3-4,6,8-10,12,14-16,18,20-22,24,26-28,31,34,37,40-42,44,46-66H2,1-2H3,(H,80,84)/b7-5-,13-11-,19-17-,25-23-,30-29-,33-32-,36-35-,39-38-,45-43-. The molecule has 0 aliphatic carbocycles. The summed E-state index contributed by atoms with van der Waals surface area (Å²) in [6.07, 6.45) is 72.4. The van der Waals surface area contributed by atoms with Crippen LogP contribution in [0.5, 0.6) is 0 Å². The van der Waals surface area contributed by atoms with Gasteiger partial charge >= 0.3 is 0 Å². The fourth-order valence-electron chi connectivity index (χ4n) is 11.8. The van der Waals surface area contributed by atoms with Gasteiger partial charge in [0.05, 0.1) is 32.0 Å². The van der Waals surface area contributed by atoms with E-state index < -0.39 is 86.8 Å². The molecule has 2 aliphatic rings. The maximum absolute atomic E-state index is 13.4. The Hall–Kier alpha value is -3.35. The number of ether oxygens (including phenoxy) is 4. The molecule has 0 aromatic carbocycles. The lowest BCUT2D eigenvalue weighted by atomic mass is 9.97. The molecule has 93 heavy (non-hydrogen) atoms. The molecule has 0 spiro atoms. The lowest BCUT2D eigenvalue weighted by Gasteiger charge is -2.46. The zero-order chi connectivity index (χ0) is 67.3. The number of carbonyl (C=O) groups excluding carboxylic acids is 1. The first-order chi connectivity index (χ1) is 45.6. The monoisotopic (exact) mass is 1310 g/mol. The fraction of sp³-hybridized carbons (Fsp3) is 0.759. The maximum Gasteiger partial charge on any atom is 0.220 e. The van der Waals surface area contributed by atoms with Crippen molar-refractivity contribution in [2.45, 2.75) is 364 Å². The van der Waals surface area contributed by atoms with Crippen LogP contribution >= 0.6 is 0 Å². The Bertz CT molecular complexity index is 1980. The quantitative estimate of drug-likeness (QED) is 0.0204. The molecule has 9 N–H and O–H groups in total. The van der Waals surface area contributed by atoms with E-state index in [1.165, 1.54) is 135 Å². The summed E-state index contributed by atoms with van der Waals surface area (Å²) in [7, 11) is 0. The molecule has 2 aliphatic heterocycles. The van der Waals surface area contributed by atoms with Gasteiger partial charge in [0.1, 0.15) is 48.8 Å². The maximum atomic E-state index is 13.4. The molecule has 0 aromatic rings. The minimum Gasteiger partial charge on any atom is -0.394 e. The Morgan fingerprint density at radius 3 is 1.14 bits per heavy atom. The Labute approximate surface area is 566 Å². The van der Waals surface area contributed by atoms with Crippen LogP contribution in [0.15, 0.2) is 109 Å². The van der Waals surface area contributed by atoms with Gasteiger partial charge in [0.15, 0.2) is 12.6 Å². The van der Waals surface area contributed by atoms with Gasteiger partial charge in [-0.25, -0.2) is 0 Å². The Kier molecular flexibility index (Phi) is 57.3. The van der Waals surface area contributed by atoms with Gasteiger partial charge < -0.3 is 65.1 Å². The normalized spacial score (nSPS) is 23.2. The summed E-state index contributed by atoms with van der Waals surface area (Å²) < 4.78 is 22.9. The van der Waals surface area contributed by atoms with E-state index in [2.05, 4.69) is 129 Å². The molecular formula is C79H137NO13. The van der Waals surface area contributed by atoms with Crippen LogP contribution in [0.2, 0.25) is 0 Å². The molecule has 0 aromatic heterocycles. The number of hydrogen-bond acceptors (Lipinski definition) is 13. The summed E-state index contributed by atoms with van der Waals surface area (Å²) >= 11 is 0. The average molecular weight is 1310 g/mol. The molecule has 536 valence electrons. The van der Waals surface area contributed by atoms with Crippen molar-refractivity contribution in [1.29, 1.82) is 0 Å². The summed E-state index contributed by atoms with van der Waals surface area (Å²) in [5.74, 6) is -0.219. The number of aliphatic hydroxyl groups excluding tert-OH is 8. The highest BCUT2D eigenvalue weighted by Gasteiger charge is 2.51. The summed E-state index contributed by atoms with van der Waals surface area (Å²) in [6.45, 7) is 2.77. The van der Waals surface area contributed by atoms with Gasteiger partial charge in [0, 0.05) is 6.42 Å². The van der Waals surface area contributed by atoms with E-state index >= 15 is 0 Å². The zero-order valence-electron chi connectivity index (χ0n) is 58.5. The fourth-order valence-corrected chi connectivity index (χ4v) is 11.8. The van der Waals surface area contributed by atoms with Crippen LogP contribution in [0.1, 0.15) is 290 Å². The van der Waals surface area contributed by atoms with Crippen molar-refractivity contribution >= 4 is 5.91 Å². The molecule has 0 radical (unpaired) electrons. The molecule has 2 heterocycles. The van der Waals surface area contributed by atoms with E-state index in [4.69, 9.17) is 18.9 Å². The molecule has 14 nitrogen and oxygen atoms in total. The predicted molar refractivity (Wildman–Crippen MR) is 382 cm³/mol. The van der Waals surface area contributed by atoms with Crippen molar-refractivity contribution in [3.05, 3.63) is 109 Å². The molecule has 0 saturated carbocycles. The minimum atomic E-state index is -1.79. The van der Waals surface area contributed by atoms with E-state index in [9.17, 15) is 45.6 Å². The third-order valence-corrected chi connectivity index (χ3v) is 17.8. The summed E-state index contributed by atoms with van der Waals surface area (Å²) in [4.78, 5) is 13.4. The lowest BCUT2D eigenvalue weighted by molar-refractivity contribution is -0.359. The molecule has 14 heteroatoms. The minimum absolute atomic E-state index is 0.219. The Balaban J connectivity index is 1.66.